The maximum atomic E-state index is 16.3. The van der Waals surface area contributed by atoms with Crippen LogP contribution in [-0.2, 0) is 28.8 Å². The minimum absolute atomic E-state index is 0.0103. The van der Waals surface area contributed by atoms with Gasteiger partial charge in [0.25, 0.3) is 0 Å². The summed E-state index contributed by atoms with van der Waals surface area (Å²) in [5.41, 5.74) is -0.693. The van der Waals surface area contributed by atoms with Crippen LogP contribution in [0.4, 0.5) is 38.8 Å². The number of benzene rings is 2. The lowest BCUT2D eigenvalue weighted by molar-refractivity contribution is -0.787. The Morgan fingerprint density at radius 1 is 0.980 bits per heavy atom. The molecule has 3 fully saturated rings. The van der Waals surface area contributed by atoms with E-state index in [1.807, 2.05) is 30.3 Å². The summed E-state index contributed by atoms with van der Waals surface area (Å²) in [6.45, 7) is 7.64. The standard InChI is InChI=1S/C36H43F4N6O4/c1-34(2,3)50-32(47)44-17-15-35(16-18-44,46(19-20-46)33(48)49-22-26-7-5-4-6-8-26)23-41-30-29(37)31(43-24-42-30)45(28-13-14-28)21-25-9-11-27(12-10-25)36(38,39)40/h4-12,24,28H,13-23H2,1-3H3,(H,41,42,43)/q+1. The van der Waals surface area contributed by atoms with Gasteiger partial charge in [0.1, 0.15) is 37.2 Å². The number of anilines is 2. The zero-order chi connectivity index (χ0) is 35.7. The number of halogens is 4. The number of amides is 2. The molecule has 10 nitrogen and oxygen atoms in total. The SMILES string of the molecule is CC(C)(C)OC(=O)N1CCC(CNc2ncnc(N(Cc3ccc(C(F)(F)F)cc3)C3CC3)c2F)([N+]2(C(=O)OCc3ccccc3)CC2)CC1. The number of rotatable bonds is 10. The van der Waals surface area contributed by atoms with Crippen LogP contribution in [0.3, 0.4) is 0 Å². The third-order valence-electron chi connectivity index (χ3n) is 9.73. The van der Waals surface area contributed by atoms with Crippen molar-refractivity contribution in [3.63, 3.8) is 0 Å². The number of carbonyl (C=O) groups is 2. The monoisotopic (exact) mass is 699 g/mol. The van der Waals surface area contributed by atoms with Crippen molar-refractivity contribution in [1.29, 1.82) is 0 Å². The van der Waals surface area contributed by atoms with Crippen LogP contribution in [-0.4, -0.2) is 81.4 Å². The number of ether oxygens (including phenoxy) is 2. The number of alkyl halides is 3. The van der Waals surface area contributed by atoms with Gasteiger partial charge in [-0.3, -0.25) is 0 Å². The van der Waals surface area contributed by atoms with Crippen LogP contribution >= 0.6 is 0 Å². The number of carbonyl (C=O) groups excluding carboxylic acids is 2. The van der Waals surface area contributed by atoms with E-state index in [0.717, 1.165) is 30.5 Å². The van der Waals surface area contributed by atoms with Gasteiger partial charge in [0.2, 0.25) is 5.82 Å². The largest absolute Gasteiger partial charge is 0.517 e. The average molecular weight is 700 g/mol. The first-order valence-electron chi connectivity index (χ1n) is 16.9. The van der Waals surface area contributed by atoms with E-state index in [-0.39, 0.29) is 48.0 Å². The Morgan fingerprint density at radius 2 is 1.64 bits per heavy atom. The van der Waals surface area contributed by atoms with Gasteiger partial charge in [0.15, 0.2) is 11.6 Å². The first kappa shape index (κ1) is 35.4. The van der Waals surface area contributed by atoms with E-state index in [1.54, 1.807) is 30.6 Å². The van der Waals surface area contributed by atoms with Gasteiger partial charge in [0.05, 0.1) is 12.1 Å². The van der Waals surface area contributed by atoms with Crippen LogP contribution in [0.1, 0.15) is 63.1 Å². The lowest BCUT2D eigenvalue weighted by atomic mass is 9.85. The molecule has 1 saturated carbocycles. The van der Waals surface area contributed by atoms with Crippen LogP contribution in [0.2, 0.25) is 0 Å². The highest BCUT2D eigenvalue weighted by atomic mass is 19.4. The molecule has 3 heterocycles. The fourth-order valence-corrected chi connectivity index (χ4v) is 6.67. The average Bonchev–Trinajstić information content (AvgIpc) is 4.01. The molecule has 14 heteroatoms. The highest BCUT2D eigenvalue weighted by Crippen LogP contribution is 2.44. The molecule has 2 aromatic carbocycles. The smallest absolute Gasteiger partial charge is 0.444 e. The molecule has 0 radical (unpaired) electrons. The van der Waals surface area contributed by atoms with Crippen molar-refractivity contribution in [3.05, 3.63) is 83.4 Å². The summed E-state index contributed by atoms with van der Waals surface area (Å²) in [5.74, 6) is -0.673. The predicted molar refractivity (Wildman–Crippen MR) is 178 cm³/mol. The zero-order valence-corrected chi connectivity index (χ0v) is 28.5. The molecule has 1 N–H and O–H groups in total. The van der Waals surface area contributed by atoms with Crippen molar-refractivity contribution >= 4 is 23.8 Å². The maximum Gasteiger partial charge on any atom is 0.517 e. The van der Waals surface area contributed by atoms with Crippen LogP contribution in [0.5, 0.6) is 0 Å². The number of nitrogens with zero attached hydrogens (tertiary/aromatic N) is 5. The van der Waals surface area contributed by atoms with Crippen LogP contribution < -0.4 is 10.2 Å². The normalized spacial score (nSPS) is 18.3. The van der Waals surface area contributed by atoms with E-state index in [4.69, 9.17) is 9.47 Å². The van der Waals surface area contributed by atoms with Crippen molar-refractivity contribution in [2.45, 2.75) is 83.0 Å². The third kappa shape index (κ3) is 7.79. The zero-order valence-electron chi connectivity index (χ0n) is 28.5. The molecular weight excluding hydrogens is 656 g/mol. The summed E-state index contributed by atoms with van der Waals surface area (Å²) in [6, 6.07) is 14.2. The molecule has 6 rings (SSSR count). The molecule has 2 amide bonds. The molecule has 0 atom stereocenters. The van der Waals surface area contributed by atoms with Gasteiger partial charge in [-0.15, -0.1) is 0 Å². The van der Waals surface area contributed by atoms with E-state index in [9.17, 15) is 22.8 Å². The number of nitrogens with one attached hydrogen (secondary N) is 1. The minimum atomic E-state index is -4.45. The summed E-state index contributed by atoms with van der Waals surface area (Å²) in [5, 5.41) is 3.19. The number of hydrogen-bond donors (Lipinski definition) is 1. The molecular formula is C36H43F4N6O4+. The number of piperidine rings is 1. The number of quaternary nitrogens is 1. The highest BCUT2D eigenvalue weighted by molar-refractivity contribution is 5.68. The Kier molecular flexibility index (Phi) is 9.68. The molecule has 0 unspecified atom stereocenters. The molecule has 0 bridgehead atoms. The van der Waals surface area contributed by atoms with Crippen molar-refractivity contribution in [3.8, 4) is 0 Å². The van der Waals surface area contributed by atoms with Gasteiger partial charge >= 0.3 is 18.4 Å². The van der Waals surface area contributed by atoms with Gasteiger partial charge in [-0.2, -0.15) is 22.4 Å². The summed E-state index contributed by atoms with van der Waals surface area (Å²) in [6.07, 6.45) is -1.53. The van der Waals surface area contributed by atoms with Gasteiger partial charge in [-0.1, -0.05) is 42.5 Å². The second-order valence-corrected chi connectivity index (χ2v) is 14.4. The van der Waals surface area contributed by atoms with Crippen LogP contribution in [0.15, 0.2) is 60.9 Å². The third-order valence-corrected chi connectivity index (χ3v) is 9.73. The Bertz CT molecular complexity index is 1670. The van der Waals surface area contributed by atoms with Gasteiger partial charge in [0, 0.05) is 38.5 Å². The molecule has 2 saturated heterocycles. The summed E-state index contributed by atoms with van der Waals surface area (Å²) in [7, 11) is 0. The van der Waals surface area contributed by atoms with Gasteiger partial charge in [-0.05, 0) is 56.9 Å². The molecule has 268 valence electrons. The number of aromatic nitrogens is 2. The predicted octanol–water partition coefficient (Wildman–Crippen LogP) is 7.15. The molecule has 3 aliphatic rings. The number of hydrogen-bond acceptors (Lipinski definition) is 8. The maximum absolute atomic E-state index is 16.3. The summed E-state index contributed by atoms with van der Waals surface area (Å²) >= 11 is 0. The molecule has 1 aliphatic carbocycles. The molecule has 0 spiro atoms. The van der Waals surface area contributed by atoms with E-state index in [0.29, 0.717) is 44.6 Å². The quantitative estimate of drug-likeness (QED) is 0.135. The lowest BCUT2D eigenvalue weighted by Crippen LogP contribution is -2.63. The second-order valence-electron chi connectivity index (χ2n) is 14.4. The second kappa shape index (κ2) is 13.7. The first-order valence-corrected chi connectivity index (χ1v) is 16.9. The molecule has 50 heavy (non-hydrogen) atoms. The Balaban J connectivity index is 1.21. The Labute approximate surface area is 289 Å². The van der Waals surface area contributed by atoms with Crippen LogP contribution in [0.25, 0.3) is 0 Å². The fraction of sp³-hybridized carbons (Fsp3) is 0.500. The molecule has 1 aromatic heterocycles. The Hall–Kier alpha value is -4.46. The van der Waals surface area contributed by atoms with E-state index >= 15 is 4.39 Å². The van der Waals surface area contributed by atoms with Crippen molar-refractivity contribution in [2.24, 2.45) is 0 Å². The molecule has 2 aliphatic heterocycles. The molecule has 3 aromatic rings. The Morgan fingerprint density at radius 3 is 2.22 bits per heavy atom. The van der Waals surface area contributed by atoms with E-state index in [2.05, 4.69) is 15.3 Å². The highest BCUT2D eigenvalue weighted by Gasteiger charge is 2.67. The van der Waals surface area contributed by atoms with Gasteiger partial charge < -0.3 is 24.6 Å². The van der Waals surface area contributed by atoms with E-state index in [1.165, 1.54) is 18.5 Å². The topological polar surface area (TPSA) is 96.9 Å². The van der Waals surface area contributed by atoms with E-state index < -0.39 is 34.8 Å². The minimum Gasteiger partial charge on any atom is -0.444 e. The summed E-state index contributed by atoms with van der Waals surface area (Å²) < 4.78 is 67.1. The van der Waals surface area contributed by atoms with Crippen molar-refractivity contribution in [2.75, 3.05) is 42.9 Å². The van der Waals surface area contributed by atoms with Crippen molar-refractivity contribution in [1.82, 2.24) is 14.9 Å². The summed E-state index contributed by atoms with van der Waals surface area (Å²) in [4.78, 5) is 38.6. The number of likely N-dealkylation sites (tertiary alicyclic amines) is 1. The van der Waals surface area contributed by atoms with Gasteiger partial charge in [-0.25, -0.2) is 19.2 Å². The van der Waals surface area contributed by atoms with Crippen molar-refractivity contribution < 1.29 is 41.1 Å². The lowest BCUT2D eigenvalue weighted by Gasteiger charge is -2.45. The van der Waals surface area contributed by atoms with Crippen LogP contribution in [0, 0.1) is 5.82 Å². The fourth-order valence-electron chi connectivity index (χ4n) is 6.67. The first-order chi connectivity index (χ1) is 23.7.